The zero-order chi connectivity index (χ0) is 12.8. The highest BCUT2D eigenvalue weighted by Crippen LogP contribution is 2.28. The lowest BCUT2D eigenvalue weighted by atomic mass is 9.97. The van der Waals surface area contributed by atoms with Crippen molar-refractivity contribution in [2.24, 2.45) is 5.92 Å². The molecule has 2 heteroatoms. The van der Waals surface area contributed by atoms with Crippen LogP contribution >= 0.6 is 12.6 Å². The predicted octanol–water partition coefficient (Wildman–Crippen LogP) is 4.20. The fourth-order valence-electron chi connectivity index (χ4n) is 2.04. The summed E-state index contributed by atoms with van der Waals surface area (Å²) < 4.78 is 5.89. The highest BCUT2D eigenvalue weighted by Gasteiger charge is 2.11. The molecule has 0 bridgehead atoms. The number of benzene rings is 1. The summed E-state index contributed by atoms with van der Waals surface area (Å²) in [5.74, 6) is 2.59. The van der Waals surface area contributed by atoms with Gasteiger partial charge in [-0.1, -0.05) is 31.5 Å². The molecule has 1 unspecified atom stereocenters. The highest BCUT2D eigenvalue weighted by molar-refractivity contribution is 7.80. The minimum Gasteiger partial charge on any atom is -0.493 e. The molecule has 0 aliphatic carbocycles. The lowest BCUT2D eigenvalue weighted by Gasteiger charge is -2.17. The first-order valence-corrected chi connectivity index (χ1v) is 7.05. The third-order valence-corrected chi connectivity index (χ3v) is 3.45. The molecular formula is C15H24OS. The van der Waals surface area contributed by atoms with E-state index in [0.717, 1.165) is 31.0 Å². The molecule has 1 aromatic carbocycles. The number of ether oxygens (including phenoxy) is 1. The Labute approximate surface area is 111 Å². The van der Waals surface area contributed by atoms with E-state index in [1.54, 1.807) is 0 Å². The van der Waals surface area contributed by atoms with Gasteiger partial charge in [0.05, 0.1) is 6.61 Å². The second-order valence-corrected chi connectivity index (χ2v) is 5.28. The predicted molar refractivity (Wildman–Crippen MR) is 78.4 cm³/mol. The van der Waals surface area contributed by atoms with Gasteiger partial charge in [0.15, 0.2) is 0 Å². The zero-order valence-electron chi connectivity index (χ0n) is 11.4. The normalized spacial score (nSPS) is 12.5. The molecule has 17 heavy (non-hydrogen) atoms. The molecule has 96 valence electrons. The van der Waals surface area contributed by atoms with E-state index in [-0.39, 0.29) is 0 Å². The Hall–Kier alpha value is -0.630. The summed E-state index contributed by atoms with van der Waals surface area (Å²) >= 11 is 4.36. The van der Waals surface area contributed by atoms with E-state index in [1.165, 1.54) is 16.7 Å². The van der Waals surface area contributed by atoms with Crippen molar-refractivity contribution in [2.45, 2.75) is 40.5 Å². The fraction of sp³-hybridized carbons (Fsp3) is 0.600. The SMILES string of the molecule is CCCOc1c(C)cc(C)cc1CC(C)CS. The molecular weight excluding hydrogens is 228 g/mol. The third kappa shape index (κ3) is 4.27. The largest absolute Gasteiger partial charge is 0.493 e. The average molecular weight is 252 g/mol. The topological polar surface area (TPSA) is 9.23 Å². The third-order valence-electron chi connectivity index (χ3n) is 2.83. The van der Waals surface area contributed by atoms with Crippen molar-refractivity contribution >= 4 is 12.6 Å². The molecule has 0 amide bonds. The van der Waals surface area contributed by atoms with Crippen molar-refractivity contribution in [3.63, 3.8) is 0 Å². The first-order chi connectivity index (χ1) is 8.08. The van der Waals surface area contributed by atoms with E-state index in [4.69, 9.17) is 4.74 Å². The number of aryl methyl sites for hydroxylation is 2. The van der Waals surface area contributed by atoms with Crippen LogP contribution in [0.2, 0.25) is 0 Å². The van der Waals surface area contributed by atoms with Gasteiger partial charge in [-0.3, -0.25) is 0 Å². The van der Waals surface area contributed by atoms with Crippen LogP contribution in [0.25, 0.3) is 0 Å². The van der Waals surface area contributed by atoms with Crippen LogP contribution in [0.3, 0.4) is 0 Å². The Morgan fingerprint density at radius 1 is 1.29 bits per heavy atom. The summed E-state index contributed by atoms with van der Waals surface area (Å²) in [7, 11) is 0. The van der Waals surface area contributed by atoms with Crippen LogP contribution < -0.4 is 4.74 Å². The van der Waals surface area contributed by atoms with Crippen LogP contribution in [-0.2, 0) is 6.42 Å². The standard InChI is InChI=1S/C15H24OS/c1-5-6-16-15-13(4)7-11(2)8-14(15)9-12(3)10-17/h7-8,12,17H,5-6,9-10H2,1-4H3. The van der Waals surface area contributed by atoms with Crippen molar-refractivity contribution in [1.82, 2.24) is 0 Å². The van der Waals surface area contributed by atoms with Gasteiger partial charge in [0.2, 0.25) is 0 Å². The second kappa shape index (κ2) is 6.95. The molecule has 0 aliphatic rings. The van der Waals surface area contributed by atoms with Crippen LogP contribution in [0.4, 0.5) is 0 Å². The van der Waals surface area contributed by atoms with Crippen molar-refractivity contribution in [1.29, 1.82) is 0 Å². The molecule has 0 aliphatic heterocycles. The van der Waals surface area contributed by atoms with Crippen molar-refractivity contribution < 1.29 is 4.74 Å². The number of hydrogen-bond acceptors (Lipinski definition) is 2. The Bertz CT molecular complexity index is 360. The molecule has 0 fully saturated rings. The Morgan fingerprint density at radius 3 is 2.59 bits per heavy atom. The van der Waals surface area contributed by atoms with E-state index < -0.39 is 0 Å². The quantitative estimate of drug-likeness (QED) is 0.747. The van der Waals surface area contributed by atoms with Gasteiger partial charge in [-0.2, -0.15) is 12.6 Å². The Kier molecular flexibility index (Phi) is 5.90. The molecule has 0 N–H and O–H groups in total. The summed E-state index contributed by atoms with van der Waals surface area (Å²) in [6, 6.07) is 4.44. The van der Waals surface area contributed by atoms with Gasteiger partial charge in [-0.15, -0.1) is 0 Å². The molecule has 0 heterocycles. The van der Waals surface area contributed by atoms with Crippen LogP contribution in [0, 0.1) is 19.8 Å². The van der Waals surface area contributed by atoms with Gasteiger partial charge in [-0.05, 0) is 49.5 Å². The molecule has 0 radical (unpaired) electrons. The smallest absolute Gasteiger partial charge is 0.125 e. The summed E-state index contributed by atoms with van der Waals surface area (Å²) in [6.07, 6.45) is 2.10. The second-order valence-electron chi connectivity index (χ2n) is 4.91. The molecule has 1 nitrogen and oxygen atoms in total. The first-order valence-electron chi connectivity index (χ1n) is 6.42. The maximum Gasteiger partial charge on any atom is 0.125 e. The van der Waals surface area contributed by atoms with Gasteiger partial charge in [-0.25, -0.2) is 0 Å². The van der Waals surface area contributed by atoms with Gasteiger partial charge in [0, 0.05) is 0 Å². The highest BCUT2D eigenvalue weighted by atomic mass is 32.1. The summed E-state index contributed by atoms with van der Waals surface area (Å²) in [5.41, 5.74) is 3.89. The fourth-order valence-corrected chi connectivity index (χ4v) is 2.17. The van der Waals surface area contributed by atoms with E-state index in [1.807, 2.05) is 0 Å². The number of thiol groups is 1. The van der Waals surface area contributed by atoms with Crippen LogP contribution in [-0.4, -0.2) is 12.4 Å². The molecule has 0 saturated carbocycles. The summed E-state index contributed by atoms with van der Waals surface area (Å²) in [6.45, 7) is 9.44. The summed E-state index contributed by atoms with van der Waals surface area (Å²) in [4.78, 5) is 0. The molecule has 1 rings (SSSR count). The Balaban J connectivity index is 2.97. The molecule has 0 saturated heterocycles. The van der Waals surface area contributed by atoms with Crippen LogP contribution in [0.1, 0.15) is 37.0 Å². The number of hydrogen-bond donors (Lipinski definition) is 1. The Morgan fingerprint density at radius 2 is 2.00 bits per heavy atom. The van der Waals surface area contributed by atoms with Crippen molar-refractivity contribution in [2.75, 3.05) is 12.4 Å². The monoisotopic (exact) mass is 252 g/mol. The molecule has 0 aromatic heterocycles. The van der Waals surface area contributed by atoms with Gasteiger partial charge in [0.1, 0.15) is 5.75 Å². The van der Waals surface area contributed by atoms with E-state index in [9.17, 15) is 0 Å². The lowest BCUT2D eigenvalue weighted by molar-refractivity contribution is 0.311. The van der Waals surface area contributed by atoms with E-state index in [2.05, 4.69) is 52.5 Å². The summed E-state index contributed by atoms with van der Waals surface area (Å²) in [5, 5.41) is 0. The minimum absolute atomic E-state index is 0.587. The van der Waals surface area contributed by atoms with Crippen molar-refractivity contribution in [3.8, 4) is 5.75 Å². The minimum atomic E-state index is 0.587. The van der Waals surface area contributed by atoms with Gasteiger partial charge in [0.25, 0.3) is 0 Å². The van der Waals surface area contributed by atoms with Gasteiger partial charge >= 0.3 is 0 Å². The van der Waals surface area contributed by atoms with Crippen LogP contribution in [0.5, 0.6) is 5.75 Å². The lowest BCUT2D eigenvalue weighted by Crippen LogP contribution is -2.06. The van der Waals surface area contributed by atoms with Crippen molar-refractivity contribution in [3.05, 3.63) is 28.8 Å². The number of rotatable bonds is 6. The van der Waals surface area contributed by atoms with Crippen LogP contribution in [0.15, 0.2) is 12.1 Å². The first kappa shape index (κ1) is 14.4. The maximum absolute atomic E-state index is 5.89. The average Bonchev–Trinajstić information content (AvgIpc) is 2.27. The molecule has 1 aromatic rings. The van der Waals surface area contributed by atoms with Gasteiger partial charge < -0.3 is 4.74 Å². The zero-order valence-corrected chi connectivity index (χ0v) is 12.3. The van der Waals surface area contributed by atoms with E-state index >= 15 is 0 Å². The van der Waals surface area contributed by atoms with E-state index in [0.29, 0.717) is 5.92 Å². The maximum atomic E-state index is 5.89. The molecule has 0 spiro atoms. The molecule has 1 atom stereocenters.